The molecular formula is C21H13N3O3. The van der Waals surface area contributed by atoms with E-state index in [0.717, 1.165) is 0 Å². The highest BCUT2D eigenvalue weighted by atomic mass is 16.3. The van der Waals surface area contributed by atoms with Crippen LogP contribution in [0.3, 0.4) is 0 Å². The van der Waals surface area contributed by atoms with Crippen LogP contribution >= 0.6 is 0 Å². The van der Waals surface area contributed by atoms with E-state index in [1.54, 1.807) is 36.4 Å². The Kier molecular flexibility index (Phi) is 3.64. The van der Waals surface area contributed by atoms with E-state index in [0.29, 0.717) is 16.9 Å². The lowest BCUT2D eigenvalue weighted by Gasteiger charge is -2.23. The molecule has 3 aromatic carbocycles. The van der Waals surface area contributed by atoms with Crippen molar-refractivity contribution in [3.05, 3.63) is 82.4 Å². The number of phenolic OH excluding ortho intramolecular Hbond substituents is 1. The van der Waals surface area contributed by atoms with Crippen LogP contribution < -0.4 is 11.1 Å². The third-order valence-electron chi connectivity index (χ3n) is 4.50. The maximum absolute atomic E-state index is 13.1. The van der Waals surface area contributed by atoms with E-state index in [2.05, 4.69) is 5.32 Å². The molecule has 4 rings (SSSR count). The minimum absolute atomic E-state index is 0.00314. The van der Waals surface area contributed by atoms with Crippen LogP contribution in [-0.4, -0.2) is 16.7 Å². The van der Waals surface area contributed by atoms with Crippen LogP contribution in [0.4, 0.5) is 17.1 Å². The molecule has 0 spiro atoms. The topological polar surface area (TPSA) is 116 Å². The van der Waals surface area contributed by atoms with Gasteiger partial charge in [-0.25, -0.2) is 0 Å². The molecule has 27 heavy (non-hydrogen) atoms. The van der Waals surface area contributed by atoms with Crippen molar-refractivity contribution in [3.8, 4) is 11.8 Å². The number of hydrogen-bond donors (Lipinski definition) is 3. The highest BCUT2D eigenvalue weighted by molar-refractivity contribution is 6.32. The van der Waals surface area contributed by atoms with Crippen LogP contribution in [0.1, 0.15) is 37.4 Å². The van der Waals surface area contributed by atoms with E-state index in [-0.39, 0.29) is 45.3 Å². The van der Waals surface area contributed by atoms with Crippen LogP contribution in [0.15, 0.2) is 54.6 Å². The molecule has 6 nitrogen and oxygen atoms in total. The number of benzene rings is 3. The van der Waals surface area contributed by atoms with Crippen molar-refractivity contribution >= 4 is 28.6 Å². The van der Waals surface area contributed by atoms with Crippen molar-refractivity contribution < 1.29 is 14.7 Å². The molecule has 0 aromatic heterocycles. The van der Waals surface area contributed by atoms with E-state index >= 15 is 0 Å². The third-order valence-corrected chi connectivity index (χ3v) is 4.50. The van der Waals surface area contributed by atoms with Crippen LogP contribution in [0.5, 0.6) is 5.75 Å². The number of aromatic hydroxyl groups is 1. The van der Waals surface area contributed by atoms with Gasteiger partial charge in [0.05, 0.1) is 28.1 Å². The molecule has 0 radical (unpaired) electrons. The van der Waals surface area contributed by atoms with Crippen molar-refractivity contribution in [3.63, 3.8) is 0 Å². The average molecular weight is 355 g/mol. The number of nitrogens with two attached hydrogens (primary N) is 1. The smallest absolute Gasteiger partial charge is 0.196 e. The molecule has 0 bridgehead atoms. The number of nitrogens with one attached hydrogen (secondary N) is 1. The first kappa shape index (κ1) is 16.4. The SMILES string of the molecule is N#Cc1cc(Nc2ccc(O)cc2)c2c(c1N)C(=O)c1ccccc1C2=O. The van der Waals surface area contributed by atoms with Gasteiger partial charge in [-0.3, -0.25) is 9.59 Å². The van der Waals surface area contributed by atoms with Gasteiger partial charge in [0.25, 0.3) is 0 Å². The Balaban J connectivity index is 1.96. The average Bonchev–Trinajstić information content (AvgIpc) is 2.68. The molecule has 0 saturated carbocycles. The maximum atomic E-state index is 13.1. The van der Waals surface area contributed by atoms with Crippen LogP contribution in [0.25, 0.3) is 0 Å². The monoisotopic (exact) mass is 355 g/mol. The summed E-state index contributed by atoms with van der Waals surface area (Å²) in [5.41, 5.74) is 7.81. The normalized spacial score (nSPS) is 12.1. The lowest BCUT2D eigenvalue weighted by Crippen LogP contribution is -2.24. The van der Waals surface area contributed by atoms with Gasteiger partial charge in [-0.15, -0.1) is 0 Å². The molecule has 0 fully saturated rings. The molecule has 0 atom stereocenters. The van der Waals surface area contributed by atoms with Gasteiger partial charge in [-0.1, -0.05) is 24.3 Å². The second-order valence-electron chi connectivity index (χ2n) is 6.12. The minimum atomic E-state index is -0.386. The number of hydrogen-bond acceptors (Lipinski definition) is 6. The first-order valence-corrected chi connectivity index (χ1v) is 8.12. The zero-order valence-corrected chi connectivity index (χ0v) is 14.0. The molecular weight excluding hydrogens is 342 g/mol. The zero-order valence-electron chi connectivity index (χ0n) is 14.0. The fraction of sp³-hybridized carbons (Fsp3) is 0. The number of ketones is 2. The Hall–Kier alpha value is -4.11. The van der Waals surface area contributed by atoms with Gasteiger partial charge < -0.3 is 16.2 Å². The van der Waals surface area contributed by atoms with Crippen LogP contribution in [-0.2, 0) is 0 Å². The van der Waals surface area contributed by atoms with Gasteiger partial charge in [-0.2, -0.15) is 5.26 Å². The van der Waals surface area contributed by atoms with Gasteiger partial charge in [0, 0.05) is 16.8 Å². The van der Waals surface area contributed by atoms with Crippen LogP contribution in [0.2, 0.25) is 0 Å². The molecule has 1 aliphatic rings. The summed E-state index contributed by atoms with van der Waals surface area (Å²) in [5, 5.41) is 21.9. The van der Waals surface area contributed by atoms with Gasteiger partial charge in [0.15, 0.2) is 11.6 Å². The summed E-state index contributed by atoms with van der Waals surface area (Å²) in [5.74, 6) is -0.626. The van der Waals surface area contributed by atoms with Gasteiger partial charge in [-0.05, 0) is 30.3 Å². The number of anilines is 3. The first-order valence-electron chi connectivity index (χ1n) is 8.12. The molecule has 130 valence electrons. The molecule has 0 amide bonds. The van der Waals surface area contributed by atoms with Crippen LogP contribution in [0, 0.1) is 11.3 Å². The predicted octanol–water partition coefficient (Wildman–Crippen LogP) is 3.37. The second kappa shape index (κ2) is 6.00. The number of nitriles is 1. The summed E-state index contributed by atoms with van der Waals surface area (Å²) < 4.78 is 0. The molecule has 0 unspecified atom stereocenters. The third kappa shape index (κ3) is 2.50. The Morgan fingerprint density at radius 3 is 2.11 bits per heavy atom. The summed E-state index contributed by atoms with van der Waals surface area (Å²) in [6.07, 6.45) is 0. The fourth-order valence-corrected chi connectivity index (χ4v) is 3.21. The maximum Gasteiger partial charge on any atom is 0.196 e. The number of carbonyl (C=O) groups excluding carboxylic acids is 2. The van der Waals surface area contributed by atoms with Gasteiger partial charge in [0.2, 0.25) is 0 Å². The van der Waals surface area contributed by atoms with Crippen molar-refractivity contribution in [2.24, 2.45) is 0 Å². The first-order chi connectivity index (χ1) is 13.0. The standard InChI is InChI=1S/C21H13N3O3/c22-10-11-9-16(24-12-5-7-13(25)8-6-12)17-18(19(11)23)21(27)15-4-2-1-3-14(15)20(17)26/h1-9,24-25H,23H2. The predicted molar refractivity (Wildman–Crippen MR) is 100 cm³/mol. The number of phenols is 1. The largest absolute Gasteiger partial charge is 0.508 e. The molecule has 0 aliphatic heterocycles. The van der Waals surface area contributed by atoms with E-state index in [1.807, 2.05) is 6.07 Å². The summed E-state index contributed by atoms with van der Waals surface area (Å²) in [6.45, 7) is 0. The van der Waals surface area contributed by atoms with Crippen molar-refractivity contribution in [1.82, 2.24) is 0 Å². The molecule has 4 N–H and O–H groups in total. The quantitative estimate of drug-likeness (QED) is 0.375. The lowest BCUT2D eigenvalue weighted by atomic mass is 9.81. The van der Waals surface area contributed by atoms with Crippen molar-refractivity contribution in [1.29, 1.82) is 5.26 Å². The zero-order chi connectivity index (χ0) is 19.1. The van der Waals surface area contributed by atoms with Gasteiger partial charge >= 0.3 is 0 Å². The molecule has 0 heterocycles. The highest BCUT2D eigenvalue weighted by Gasteiger charge is 2.34. The lowest BCUT2D eigenvalue weighted by molar-refractivity contribution is 0.0980. The van der Waals surface area contributed by atoms with Crippen molar-refractivity contribution in [2.45, 2.75) is 0 Å². The Morgan fingerprint density at radius 2 is 1.52 bits per heavy atom. The van der Waals surface area contributed by atoms with Gasteiger partial charge in [0.1, 0.15) is 11.8 Å². The summed E-state index contributed by atoms with van der Waals surface area (Å²) in [4.78, 5) is 26.1. The molecule has 3 aromatic rings. The van der Waals surface area contributed by atoms with E-state index < -0.39 is 0 Å². The second-order valence-corrected chi connectivity index (χ2v) is 6.12. The number of carbonyl (C=O) groups is 2. The Morgan fingerprint density at radius 1 is 0.926 bits per heavy atom. The van der Waals surface area contributed by atoms with E-state index in [4.69, 9.17) is 5.73 Å². The number of fused-ring (bicyclic) bond motifs is 2. The van der Waals surface area contributed by atoms with Crippen molar-refractivity contribution in [2.75, 3.05) is 11.1 Å². The minimum Gasteiger partial charge on any atom is -0.508 e. The molecule has 0 saturated heterocycles. The van der Waals surface area contributed by atoms with E-state index in [9.17, 15) is 20.0 Å². The van der Waals surface area contributed by atoms with E-state index in [1.165, 1.54) is 18.2 Å². The Bertz CT molecular complexity index is 1160. The Labute approximate surface area is 154 Å². The molecule has 1 aliphatic carbocycles. The molecule has 6 heteroatoms. The summed E-state index contributed by atoms with van der Waals surface area (Å²) in [7, 11) is 0. The summed E-state index contributed by atoms with van der Waals surface area (Å²) >= 11 is 0. The number of rotatable bonds is 2. The summed E-state index contributed by atoms with van der Waals surface area (Å²) in [6, 6.07) is 16.2. The highest BCUT2D eigenvalue weighted by Crippen LogP contribution is 2.38. The fourth-order valence-electron chi connectivity index (χ4n) is 3.21. The number of nitrogens with zero attached hydrogens (tertiary/aromatic N) is 1. The number of nitrogen functional groups attached to an aromatic ring is 1.